The summed E-state index contributed by atoms with van der Waals surface area (Å²) in [5.41, 5.74) is 4.29. The summed E-state index contributed by atoms with van der Waals surface area (Å²) in [6, 6.07) is 17.6. The molecule has 2 aromatic carbocycles. The number of aromatic nitrogens is 1. The molecular formula is C36H42N6O4. The van der Waals surface area contributed by atoms with Gasteiger partial charge in [0.25, 0.3) is 0 Å². The van der Waals surface area contributed by atoms with Crippen LogP contribution in [0.1, 0.15) is 60.9 Å². The molecular weight excluding hydrogens is 580 g/mol. The number of carbonyl (C=O) groups is 4. The third-order valence-electron chi connectivity index (χ3n) is 9.98. The van der Waals surface area contributed by atoms with Gasteiger partial charge < -0.3 is 25.8 Å². The molecule has 1 saturated heterocycles. The van der Waals surface area contributed by atoms with E-state index in [9.17, 15) is 19.2 Å². The minimum absolute atomic E-state index is 0.0172. The second-order valence-corrected chi connectivity index (χ2v) is 13.2. The number of amides is 4. The zero-order chi connectivity index (χ0) is 32.5. The molecule has 2 atom stereocenters. The molecule has 3 heterocycles. The minimum atomic E-state index is -0.697. The van der Waals surface area contributed by atoms with Crippen LogP contribution in [0.25, 0.3) is 0 Å². The van der Waals surface area contributed by atoms with Gasteiger partial charge in [-0.25, -0.2) is 4.98 Å². The highest BCUT2D eigenvalue weighted by Crippen LogP contribution is 2.47. The van der Waals surface area contributed by atoms with Crippen LogP contribution < -0.4 is 16.0 Å². The van der Waals surface area contributed by atoms with E-state index >= 15 is 0 Å². The Morgan fingerprint density at radius 3 is 2.57 bits per heavy atom. The molecule has 2 aliphatic heterocycles. The van der Waals surface area contributed by atoms with Gasteiger partial charge in [0.15, 0.2) is 0 Å². The van der Waals surface area contributed by atoms with Gasteiger partial charge in [-0.3, -0.25) is 19.2 Å². The standard InChI is InChI=1S/C36H42N6O4/c1-24(43)41-16-7-13-35(2,14-17-41)34(46)42(22-27-9-5-4-8-26(27)21-37-3)23-31(44)39-29-12-11-25-19-36(20-28(25)18-29)30-10-6-15-38-32(30)40-33(36)45/h4-6,8-12,15,18,37H,7,13-14,16-17,19-23H2,1-3H3,(H,39,44)(H,38,40,45)/t35?,36-/m1/s1. The molecule has 1 spiro atoms. The molecule has 10 nitrogen and oxygen atoms in total. The van der Waals surface area contributed by atoms with Gasteiger partial charge in [-0.2, -0.15) is 0 Å². The zero-order valence-electron chi connectivity index (χ0n) is 26.8. The van der Waals surface area contributed by atoms with E-state index in [1.807, 2.05) is 68.6 Å². The van der Waals surface area contributed by atoms with Crippen LogP contribution in [-0.2, 0) is 50.5 Å². The van der Waals surface area contributed by atoms with E-state index in [4.69, 9.17) is 0 Å². The van der Waals surface area contributed by atoms with Crippen molar-refractivity contribution in [3.8, 4) is 0 Å². The monoisotopic (exact) mass is 622 g/mol. The highest BCUT2D eigenvalue weighted by Gasteiger charge is 2.51. The number of rotatable bonds is 8. The first-order chi connectivity index (χ1) is 22.1. The first-order valence-electron chi connectivity index (χ1n) is 16.1. The van der Waals surface area contributed by atoms with Crippen molar-refractivity contribution in [3.63, 3.8) is 0 Å². The van der Waals surface area contributed by atoms with Gasteiger partial charge in [0.1, 0.15) is 12.4 Å². The molecule has 10 heteroatoms. The number of anilines is 2. The zero-order valence-corrected chi connectivity index (χ0v) is 26.8. The van der Waals surface area contributed by atoms with E-state index in [2.05, 4.69) is 20.9 Å². The topological polar surface area (TPSA) is 124 Å². The Morgan fingerprint density at radius 1 is 1.00 bits per heavy atom. The Bertz CT molecular complexity index is 1690. The van der Waals surface area contributed by atoms with Gasteiger partial charge in [0.05, 0.1) is 5.41 Å². The Balaban J connectivity index is 1.21. The van der Waals surface area contributed by atoms with Gasteiger partial charge in [-0.15, -0.1) is 0 Å². The molecule has 240 valence electrons. The molecule has 4 amide bonds. The lowest BCUT2D eigenvalue weighted by molar-refractivity contribution is -0.145. The van der Waals surface area contributed by atoms with Crippen molar-refractivity contribution < 1.29 is 19.2 Å². The first kappa shape index (κ1) is 31.4. The molecule has 0 bridgehead atoms. The fourth-order valence-electron chi connectivity index (χ4n) is 7.39. The van der Waals surface area contributed by atoms with Crippen LogP contribution in [0.2, 0.25) is 0 Å². The summed E-state index contributed by atoms with van der Waals surface area (Å²) in [4.78, 5) is 61.0. The second kappa shape index (κ2) is 12.7. The van der Waals surface area contributed by atoms with Crippen molar-refractivity contribution >= 4 is 35.1 Å². The van der Waals surface area contributed by atoms with Gasteiger partial charge >= 0.3 is 0 Å². The minimum Gasteiger partial charge on any atom is -0.343 e. The lowest BCUT2D eigenvalue weighted by Gasteiger charge is -2.34. The van der Waals surface area contributed by atoms with Crippen molar-refractivity contribution in [1.82, 2.24) is 20.1 Å². The first-order valence-corrected chi connectivity index (χ1v) is 16.1. The number of carbonyl (C=O) groups excluding carboxylic acids is 4. The number of hydrogen-bond donors (Lipinski definition) is 3. The van der Waals surface area contributed by atoms with Crippen LogP contribution in [0, 0.1) is 5.41 Å². The van der Waals surface area contributed by atoms with Gasteiger partial charge in [-0.1, -0.05) is 43.3 Å². The maximum atomic E-state index is 14.3. The molecule has 1 aromatic heterocycles. The van der Waals surface area contributed by atoms with E-state index in [0.29, 0.717) is 63.4 Å². The van der Waals surface area contributed by atoms with Gasteiger partial charge in [0, 0.05) is 56.0 Å². The lowest BCUT2D eigenvalue weighted by atomic mass is 9.79. The van der Waals surface area contributed by atoms with Crippen LogP contribution in [-0.4, -0.2) is 65.1 Å². The number of nitrogens with zero attached hydrogens (tertiary/aromatic N) is 3. The number of benzene rings is 2. The summed E-state index contributed by atoms with van der Waals surface area (Å²) in [5, 5.41) is 9.16. The number of nitrogens with one attached hydrogen (secondary N) is 3. The van der Waals surface area contributed by atoms with Gasteiger partial charge in [-0.05, 0) is 79.6 Å². The van der Waals surface area contributed by atoms with E-state index in [1.165, 1.54) is 0 Å². The van der Waals surface area contributed by atoms with Crippen molar-refractivity contribution in [2.45, 2.75) is 64.5 Å². The fourth-order valence-corrected chi connectivity index (χ4v) is 7.39. The molecule has 3 N–H and O–H groups in total. The van der Waals surface area contributed by atoms with Crippen molar-refractivity contribution in [2.24, 2.45) is 5.41 Å². The van der Waals surface area contributed by atoms with Crippen LogP contribution >= 0.6 is 0 Å². The number of fused-ring (bicyclic) bond motifs is 3. The molecule has 0 radical (unpaired) electrons. The summed E-state index contributed by atoms with van der Waals surface area (Å²) in [6.45, 7) is 5.51. The second-order valence-electron chi connectivity index (χ2n) is 13.2. The molecule has 3 aromatic rings. The van der Waals surface area contributed by atoms with Crippen LogP contribution in [0.4, 0.5) is 11.5 Å². The molecule has 46 heavy (non-hydrogen) atoms. The quantitative estimate of drug-likeness (QED) is 0.351. The largest absolute Gasteiger partial charge is 0.343 e. The SMILES string of the molecule is CNCc1ccccc1CN(CC(=O)Nc1ccc2c(c1)C[C@@]1(C2)C(=O)Nc2ncccc21)C(=O)C1(C)CCCN(C(C)=O)CC1. The maximum Gasteiger partial charge on any atom is 0.244 e. The van der Waals surface area contributed by atoms with Crippen LogP contribution in [0.3, 0.4) is 0 Å². The van der Waals surface area contributed by atoms with E-state index in [1.54, 1.807) is 22.9 Å². The van der Waals surface area contributed by atoms with E-state index in [0.717, 1.165) is 34.2 Å². The van der Waals surface area contributed by atoms with Crippen LogP contribution in [0.5, 0.6) is 0 Å². The fraction of sp³-hybridized carbons (Fsp3) is 0.417. The smallest absolute Gasteiger partial charge is 0.244 e. The predicted molar refractivity (Wildman–Crippen MR) is 176 cm³/mol. The highest BCUT2D eigenvalue weighted by atomic mass is 16.2. The van der Waals surface area contributed by atoms with Crippen molar-refractivity contribution in [3.05, 3.63) is 88.6 Å². The number of likely N-dealkylation sites (tertiary alicyclic amines) is 1. The lowest BCUT2D eigenvalue weighted by Crippen LogP contribution is -2.46. The average molecular weight is 623 g/mol. The summed E-state index contributed by atoms with van der Waals surface area (Å²) >= 11 is 0. The molecule has 1 unspecified atom stereocenters. The molecule has 1 aliphatic carbocycles. The third-order valence-corrected chi connectivity index (χ3v) is 9.98. The van der Waals surface area contributed by atoms with Crippen LogP contribution in [0.15, 0.2) is 60.8 Å². The van der Waals surface area contributed by atoms with E-state index < -0.39 is 10.8 Å². The average Bonchev–Trinajstić information content (AvgIpc) is 3.46. The van der Waals surface area contributed by atoms with Crippen molar-refractivity contribution in [2.75, 3.05) is 37.3 Å². The Kier molecular flexibility index (Phi) is 8.65. The summed E-state index contributed by atoms with van der Waals surface area (Å²) in [6.07, 6.45) is 4.70. The highest BCUT2D eigenvalue weighted by molar-refractivity contribution is 6.06. The number of pyridine rings is 1. The predicted octanol–water partition coefficient (Wildman–Crippen LogP) is 3.80. The summed E-state index contributed by atoms with van der Waals surface area (Å²) in [5.74, 6) is 0.217. The van der Waals surface area contributed by atoms with Gasteiger partial charge in [0.2, 0.25) is 23.6 Å². The Hall–Kier alpha value is -4.57. The molecule has 3 aliphatic rings. The summed E-state index contributed by atoms with van der Waals surface area (Å²) in [7, 11) is 1.88. The summed E-state index contributed by atoms with van der Waals surface area (Å²) < 4.78 is 0. The normalized spacial score (nSPS) is 21.7. The maximum absolute atomic E-state index is 14.3. The third kappa shape index (κ3) is 6.01. The molecule has 0 saturated carbocycles. The Morgan fingerprint density at radius 2 is 1.78 bits per heavy atom. The Labute approximate surface area is 269 Å². The van der Waals surface area contributed by atoms with E-state index in [-0.39, 0.29) is 30.2 Å². The number of hydrogen-bond acceptors (Lipinski definition) is 6. The molecule has 1 fully saturated rings. The van der Waals surface area contributed by atoms with Crippen molar-refractivity contribution in [1.29, 1.82) is 0 Å². The molecule has 6 rings (SSSR count).